The van der Waals surface area contributed by atoms with Crippen molar-refractivity contribution < 1.29 is 32.9 Å². The number of nitrogens with one attached hydrogen (secondary N) is 2. The van der Waals surface area contributed by atoms with E-state index in [0.29, 0.717) is 39.8 Å². The third-order valence-corrected chi connectivity index (χ3v) is 5.11. The van der Waals surface area contributed by atoms with Gasteiger partial charge in [0.05, 0.1) is 32.7 Å². The van der Waals surface area contributed by atoms with Crippen LogP contribution < -0.4 is 29.7 Å². The fourth-order valence-electron chi connectivity index (χ4n) is 3.12. The summed E-state index contributed by atoms with van der Waals surface area (Å²) in [6.07, 6.45) is 0. The van der Waals surface area contributed by atoms with E-state index in [2.05, 4.69) is 15.8 Å². The van der Waals surface area contributed by atoms with E-state index in [-0.39, 0.29) is 18.1 Å². The summed E-state index contributed by atoms with van der Waals surface area (Å²) in [5, 5.41) is 6.47. The maximum absolute atomic E-state index is 13.8. The molecule has 36 heavy (non-hydrogen) atoms. The van der Waals surface area contributed by atoms with Crippen LogP contribution >= 0.6 is 0 Å². The third kappa shape index (κ3) is 6.50. The molecule has 0 atom stereocenters. The molecular weight excluding hydrogens is 469 g/mol. The number of hydrogen-bond acceptors (Lipinski definition) is 7. The Morgan fingerprint density at radius 3 is 2.28 bits per heavy atom. The quantitative estimate of drug-likeness (QED) is 0.265. The lowest BCUT2D eigenvalue weighted by Crippen LogP contribution is -2.33. The van der Waals surface area contributed by atoms with Crippen LogP contribution in [0.5, 0.6) is 23.0 Å². The Bertz CT molecular complexity index is 1280. The molecule has 9 nitrogen and oxygen atoms in total. The van der Waals surface area contributed by atoms with Crippen molar-refractivity contribution >= 4 is 23.2 Å². The van der Waals surface area contributed by atoms with Gasteiger partial charge in [-0.2, -0.15) is 5.10 Å². The molecule has 0 saturated heterocycles. The molecule has 0 spiro atoms. The summed E-state index contributed by atoms with van der Waals surface area (Å²) >= 11 is 0. The number of amides is 2. The zero-order valence-corrected chi connectivity index (χ0v) is 20.3. The van der Waals surface area contributed by atoms with Gasteiger partial charge in [-0.05, 0) is 43.3 Å². The maximum atomic E-state index is 13.8. The number of benzene rings is 3. The minimum atomic E-state index is -0.976. The van der Waals surface area contributed by atoms with Crippen LogP contribution in [0.1, 0.15) is 18.1 Å². The van der Waals surface area contributed by atoms with Crippen LogP contribution in [0.15, 0.2) is 65.8 Å². The molecule has 3 aromatic rings. The molecule has 0 bridgehead atoms. The first-order valence-corrected chi connectivity index (χ1v) is 10.8. The molecule has 2 N–H and O–H groups in total. The molecule has 0 fully saturated rings. The van der Waals surface area contributed by atoms with E-state index in [0.717, 1.165) is 0 Å². The second-order valence-electron chi connectivity index (χ2n) is 7.40. The number of ether oxygens (including phenoxy) is 4. The Balaban J connectivity index is 1.65. The van der Waals surface area contributed by atoms with Crippen molar-refractivity contribution in [1.82, 2.24) is 5.43 Å². The first-order chi connectivity index (χ1) is 17.4. The summed E-state index contributed by atoms with van der Waals surface area (Å²) in [5.41, 5.74) is 3.93. The van der Waals surface area contributed by atoms with Gasteiger partial charge in [-0.1, -0.05) is 18.2 Å². The van der Waals surface area contributed by atoms with Gasteiger partial charge >= 0.3 is 11.8 Å². The van der Waals surface area contributed by atoms with Crippen LogP contribution in [-0.2, 0) is 16.2 Å². The lowest BCUT2D eigenvalue weighted by molar-refractivity contribution is -0.136. The number of anilines is 1. The van der Waals surface area contributed by atoms with Gasteiger partial charge < -0.3 is 24.3 Å². The fraction of sp³-hybridized carbons (Fsp3) is 0.192. The minimum Gasteiger partial charge on any atom is -0.497 e. The summed E-state index contributed by atoms with van der Waals surface area (Å²) in [4.78, 5) is 24.6. The van der Waals surface area contributed by atoms with Gasteiger partial charge in [-0.25, -0.2) is 9.82 Å². The van der Waals surface area contributed by atoms with Crippen molar-refractivity contribution in [1.29, 1.82) is 0 Å². The van der Waals surface area contributed by atoms with Crippen LogP contribution in [-0.4, -0.2) is 38.9 Å². The van der Waals surface area contributed by atoms with Gasteiger partial charge in [0.2, 0.25) is 0 Å². The number of carbonyl (C=O) groups excluding carboxylic acids is 2. The van der Waals surface area contributed by atoms with Crippen molar-refractivity contribution in [2.24, 2.45) is 5.10 Å². The van der Waals surface area contributed by atoms with Gasteiger partial charge in [-0.15, -0.1) is 0 Å². The molecule has 2 amide bonds. The van der Waals surface area contributed by atoms with Gasteiger partial charge in [0.25, 0.3) is 0 Å². The second kappa shape index (κ2) is 12.2. The average Bonchev–Trinajstić information content (AvgIpc) is 2.90. The van der Waals surface area contributed by atoms with E-state index in [9.17, 15) is 14.0 Å². The van der Waals surface area contributed by atoms with E-state index >= 15 is 0 Å². The van der Waals surface area contributed by atoms with Crippen LogP contribution in [0.25, 0.3) is 0 Å². The SMILES string of the molecule is COc1ccc(OC)c(NC(=O)C(=O)N/N=C(\C)c2ccc(OCc3ccccc3F)c(OC)c2)c1. The summed E-state index contributed by atoms with van der Waals surface area (Å²) in [6.45, 7) is 1.68. The molecule has 10 heteroatoms. The Labute approximate surface area is 207 Å². The summed E-state index contributed by atoms with van der Waals surface area (Å²) in [5.74, 6) is -0.624. The normalized spacial score (nSPS) is 10.9. The van der Waals surface area contributed by atoms with Gasteiger partial charge in [-0.3, -0.25) is 9.59 Å². The molecule has 0 aliphatic heterocycles. The highest BCUT2D eigenvalue weighted by atomic mass is 19.1. The monoisotopic (exact) mass is 495 g/mol. The van der Waals surface area contributed by atoms with Crippen LogP contribution in [0.2, 0.25) is 0 Å². The summed E-state index contributed by atoms with van der Waals surface area (Å²) in [7, 11) is 4.39. The van der Waals surface area contributed by atoms with E-state index in [1.54, 1.807) is 55.5 Å². The Morgan fingerprint density at radius 2 is 1.58 bits per heavy atom. The highest BCUT2D eigenvalue weighted by Crippen LogP contribution is 2.30. The lowest BCUT2D eigenvalue weighted by Gasteiger charge is -2.13. The van der Waals surface area contributed by atoms with Crippen molar-refractivity contribution in [2.75, 3.05) is 26.6 Å². The number of hydrogen-bond donors (Lipinski definition) is 2. The molecule has 0 heterocycles. The Morgan fingerprint density at radius 1 is 0.861 bits per heavy atom. The van der Waals surface area contributed by atoms with Gasteiger partial charge in [0.1, 0.15) is 23.9 Å². The molecule has 0 aliphatic carbocycles. The number of rotatable bonds is 9. The number of carbonyl (C=O) groups is 2. The molecule has 0 unspecified atom stereocenters. The molecule has 0 aromatic heterocycles. The first-order valence-electron chi connectivity index (χ1n) is 10.8. The van der Waals surface area contributed by atoms with E-state index in [1.165, 1.54) is 33.5 Å². The maximum Gasteiger partial charge on any atom is 0.329 e. The number of methoxy groups -OCH3 is 3. The van der Waals surface area contributed by atoms with Gasteiger partial charge in [0, 0.05) is 17.2 Å². The van der Waals surface area contributed by atoms with E-state index in [4.69, 9.17) is 18.9 Å². The summed E-state index contributed by atoms with van der Waals surface area (Å²) in [6, 6.07) is 16.1. The average molecular weight is 496 g/mol. The molecule has 0 saturated carbocycles. The zero-order valence-electron chi connectivity index (χ0n) is 20.3. The molecule has 188 valence electrons. The number of nitrogens with zero attached hydrogens (tertiary/aromatic N) is 1. The number of hydrazone groups is 1. The standard InChI is InChI=1S/C26H26FN3O6/c1-16(29-30-26(32)25(31)28-21-14-19(33-2)10-12-22(21)34-3)17-9-11-23(24(13-17)35-4)36-15-18-7-5-6-8-20(18)27/h5-14H,15H2,1-4H3,(H,28,31)(H,30,32)/b29-16+. The van der Waals surface area contributed by atoms with E-state index in [1.807, 2.05) is 0 Å². The van der Waals surface area contributed by atoms with Crippen molar-refractivity contribution in [3.8, 4) is 23.0 Å². The molecular formula is C26H26FN3O6. The van der Waals surface area contributed by atoms with Gasteiger partial charge in [0.15, 0.2) is 11.5 Å². The topological polar surface area (TPSA) is 107 Å². The molecule has 0 radical (unpaired) electrons. The van der Waals surface area contributed by atoms with E-state index < -0.39 is 11.8 Å². The highest BCUT2D eigenvalue weighted by Gasteiger charge is 2.17. The molecule has 3 rings (SSSR count). The van der Waals surface area contributed by atoms with Crippen LogP contribution in [0, 0.1) is 5.82 Å². The van der Waals surface area contributed by atoms with Crippen LogP contribution in [0.4, 0.5) is 10.1 Å². The summed E-state index contributed by atoms with van der Waals surface area (Å²) < 4.78 is 35.2. The predicted octanol–water partition coefficient (Wildman–Crippen LogP) is 3.91. The number of halogens is 1. The third-order valence-electron chi connectivity index (χ3n) is 5.11. The zero-order chi connectivity index (χ0) is 26.1. The molecule has 3 aromatic carbocycles. The fourth-order valence-corrected chi connectivity index (χ4v) is 3.12. The van der Waals surface area contributed by atoms with Crippen molar-refractivity contribution in [2.45, 2.75) is 13.5 Å². The predicted molar refractivity (Wildman–Crippen MR) is 132 cm³/mol. The Hall–Kier alpha value is -4.60. The largest absolute Gasteiger partial charge is 0.497 e. The smallest absolute Gasteiger partial charge is 0.329 e. The van der Waals surface area contributed by atoms with Crippen molar-refractivity contribution in [3.63, 3.8) is 0 Å². The molecule has 0 aliphatic rings. The first kappa shape index (κ1) is 26.0. The highest BCUT2D eigenvalue weighted by molar-refractivity contribution is 6.39. The lowest BCUT2D eigenvalue weighted by atomic mass is 10.1. The minimum absolute atomic E-state index is 0.0265. The second-order valence-corrected chi connectivity index (χ2v) is 7.40. The Kier molecular flexibility index (Phi) is 8.82. The van der Waals surface area contributed by atoms with Crippen molar-refractivity contribution in [3.05, 3.63) is 77.6 Å². The van der Waals surface area contributed by atoms with Crippen LogP contribution in [0.3, 0.4) is 0 Å².